The molecule has 0 saturated carbocycles. The van der Waals surface area contributed by atoms with Crippen LogP contribution in [0.3, 0.4) is 0 Å². The second-order valence-corrected chi connectivity index (χ2v) is 10.5. The Bertz CT molecular complexity index is 1170. The van der Waals surface area contributed by atoms with Gasteiger partial charge in [-0.2, -0.15) is 0 Å². The number of fused-ring (bicyclic) bond motifs is 1. The van der Waals surface area contributed by atoms with E-state index in [1.54, 1.807) is 6.07 Å². The number of nitro benzene ring substituents is 1. The summed E-state index contributed by atoms with van der Waals surface area (Å²) in [6.45, 7) is 3.81. The van der Waals surface area contributed by atoms with E-state index in [4.69, 9.17) is 19.0 Å². The highest BCUT2D eigenvalue weighted by molar-refractivity contribution is 7.54. The van der Waals surface area contributed by atoms with Gasteiger partial charge in [0.25, 0.3) is 5.69 Å². The van der Waals surface area contributed by atoms with Gasteiger partial charge in [-0.25, -0.2) is 18.9 Å². The summed E-state index contributed by atoms with van der Waals surface area (Å²) >= 11 is 0. The maximum atomic E-state index is 14.4. The Balaban J connectivity index is 1.54. The van der Waals surface area contributed by atoms with E-state index in [1.165, 1.54) is 12.1 Å². The normalized spacial score (nSPS) is 19.8. The Morgan fingerprint density at radius 3 is 2.17 bits per heavy atom. The second kappa shape index (κ2) is 10.3. The smallest absolute Gasteiger partial charge is 0.397 e. The summed E-state index contributed by atoms with van der Waals surface area (Å²) in [5.41, 5.74) is 2.31. The number of benzene rings is 2. The van der Waals surface area contributed by atoms with E-state index in [0.29, 0.717) is 69.6 Å². The highest BCUT2D eigenvalue weighted by atomic mass is 31.2. The molecule has 0 bridgehead atoms. The van der Waals surface area contributed by atoms with Gasteiger partial charge in [-0.1, -0.05) is 30.3 Å². The molecule has 11 nitrogen and oxygen atoms in total. The highest BCUT2D eigenvalue weighted by Crippen LogP contribution is 2.55. The predicted octanol–water partition coefficient (Wildman–Crippen LogP) is 3.26. The number of hydrogen-bond acceptors (Lipinski definition) is 8. The fourth-order valence-electron chi connectivity index (χ4n) is 4.26. The van der Waals surface area contributed by atoms with Gasteiger partial charge >= 0.3 is 7.67 Å². The maximum absolute atomic E-state index is 14.4. The molecule has 2 fully saturated rings. The van der Waals surface area contributed by atoms with Crippen LogP contribution in [0.5, 0.6) is 0 Å². The molecule has 2 aromatic rings. The first-order valence-corrected chi connectivity index (χ1v) is 13.0. The van der Waals surface area contributed by atoms with Crippen LogP contribution in [-0.4, -0.2) is 85.0 Å². The summed E-state index contributed by atoms with van der Waals surface area (Å²) in [7, 11) is -3.49. The van der Waals surface area contributed by atoms with Crippen molar-refractivity contribution in [3.8, 4) is 0 Å². The van der Waals surface area contributed by atoms with E-state index in [1.807, 2.05) is 39.7 Å². The van der Waals surface area contributed by atoms with Crippen molar-refractivity contribution in [2.45, 2.75) is 0 Å². The molecule has 2 aromatic carbocycles. The van der Waals surface area contributed by atoms with E-state index in [9.17, 15) is 14.7 Å². The third-order valence-corrected chi connectivity index (χ3v) is 8.70. The molecule has 184 valence electrons. The Morgan fingerprint density at radius 2 is 1.57 bits per heavy atom. The first kappa shape index (κ1) is 23.8. The van der Waals surface area contributed by atoms with Crippen molar-refractivity contribution in [2.24, 2.45) is 9.98 Å². The molecule has 2 saturated heterocycles. The molecule has 35 heavy (non-hydrogen) atoms. The Labute approximate surface area is 202 Å². The van der Waals surface area contributed by atoms with Gasteiger partial charge in [-0.05, 0) is 6.07 Å². The molecule has 0 aliphatic carbocycles. The van der Waals surface area contributed by atoms with Gasteiger partial charge in [0, 0.05) is 49.4 Å². The molecule has 0 radical (unpaired) electrons. The van der Waals surface area contributed by atoms with Crippen LogP contribution in [0.1, 0.15) is 11.1 Å². The van der Waals surface area contributed by atoms with Crippen LogP contribution in [0, 0.1) is 10.1 Å². The van der Waals surface area contributed by atoms with Crippen molar-refractivity contribution in [3.63, 3.8) is 0 Å². The van der Waals surface area contributed by atoms with Crippen molar-refractivity contribution < 1.29 is 23.5 Å². The summed E-state index contributed by atoms with van der Waals surface area (Å²) < 4.78 is 35.3. The second-order valence-electron chi connectivity index (χ2n) is 8.21. The SMILES string of the molecule is O=[N+]([O-])c1ccc2c(c1)C(c1ccccc1)=NCC(OP(=O)(N1CCOCC1)N1CCOCC1)=N2. The first-order chi connectivity index (χ1) is 17.0. The standard InChI is InChI=1S/C23H26N5O6P/c29-28(30)19-6-7-21-20(16-19)23(18-4-2-1-3-5-18)24-17-22(25-21)34-35(31,26-8-12-32-13-9-26)27-10-14-33-15-11-27/h1-7,16H,8-15,17H2. The molecule has 3 aliphatic heterocycles. The summed E-state index contributed by atoms with van der Waals surface area (Å²) in [4.78, 5) is 20.4. The third-order valence-electron chi connectivity index (χ3n) is 6.02. The number of ether oxygens (including phenoxy) is 2. The lowest BCUT2D eigenvalue weighted by atomic mass is 10.00. The zero-order valence-electron chi connectivity index (χ0n) is 19.1. The van der Waals surface area contributed by atoms with Crippen molar-refractivity contribution in [1.82, 2.24) is 9.34 Å². The molecule has 12 heteroatoms. The van der Waals surface area contributed by atoms with Crippen molar-refractivity contribution >= 4 is 30.7 Å². The van der Waals surface area contributed by atoms with E-state index >= 15 is 0 Å². The van der Waals surface area contributed by atoms with Gasteiger partial charge < -0.3 is 14.0 Å². The van der Waals surface area contributed by atoms with Gasteiger partial charge in [0.15, 0.2) is 0 Å². The lowest BCUT2D eigenvalue weighted by Crippen LogP contribution is -2.44. The molecule has 0 aromatic heterocycles. The van der Waals surface area contributed by atoms with Gasteiger partial charge in [0.1, 0.15) is 6.54 Å². The minimum absolute atomic E-state index is 0.0470. The van der Waals surface area contributed by atoms with Crippen molar-refractivity contribution in [2.75, 3.05) is 59.2 Å². The maximum Gasteiger partial charge on any atom is 0.397 e. The zero-order valence-corrected chi connectivity index (χ0v) is 20.0. The number of non-ortho nitro benzene ring substituents is 1. The number of hydrogen-bond donors (Lipinski definition) is 0. The van der Waals surface area contributed by atoms with Gasteiger partial charge in [0.05, 0.1) is 42.7 Å². The predicted molar refractivity (Wildman–Crippen MR) is 131 cm³/mol. The van der Waals surface area contributed by atoms with Crippen LogP contribution in [0.25, 0.3) is 0 Å². The van der Waals surface area contributed by atoms with Crippen LogP contribution in [0.4, 0.5) is 11.4 Å². The van der Waals surface area contributed by atoms with Gasteiger partial charge in [-0.15, -0.1) is 0 Å². The highest BCUT2D eigenvalue weighted by Gasteiger charge is 2.42. The van der Waals surface area contributed by atoms with E-state index in [2.05, 4.69) is 4.99 Å². The summed E-state index contributed by atoms with van der Waals surface area (Å²) in [5.74, 6) is 0.201. The molecule has 3 heterocycles. The molecule has 0 spiro atoms. The number of nitrogens with zero attached hydrogens (tertiary/aromatic N) is 5. The molecule has 0 amide bonds. The summed E-state index contributed by atoms with van der Waals surface area (Å²) in [6, 6.07) is 13.9. The van der Waals surface area contributed by atoms with Crippen molar-refractivity contribution in [1.29, 1.82) is 0 Å². The number of nitro groups is 1. The fraction of sp³-hybridized carbons (Fsp3) is 0.391. The molecule has 0 atom stereocenters. The van der Waals surface area contributed by atoms with Crippen LogP contribution < -0.4 is 0 Å². The van der Waals surface area contributed by atoms with Gasteiger partial charge in [0.2, 0.25) is 5.90 Å². The molecule has 5 rings (SSSR count). The fourth-order valence-corrected chi connectivity index (χ4v) is 6.56. The minimum atomic E-state index is -3.49. The van der Waals surface area contributed by atoms with Crippen molar-refractivity contribution in [3.05, 3.63) is 69.8 Å². The van der Waals surface area contributed by atoms with Gasteiger partial charge in [-0.3, -0.25) is 15.1 Å². The largest absolute Gasteiger partial charge is 0.405 e. The lowest BCUT2D eigenvalue weighted by Gasteiger charge is -2.40. The Kier molecular flexibility index (Phi) is 7.03. The number of aliphatic imine (C=N–C) groups is 2. The lowest BCUT2D eigenvalue weighted by molar-refractivity contribution is -0.384. The van der Waals surface area contributed by atoms with Crippen LogP contribution >= 0.6 is 7.67 Å². The summed E-state index contributed by atoms with van der Waals surface area (Å²) in [6.07, 6.45) is 0. The Hall–Kier alpha value is -2.95. The van der Waals surface area contributed by atoms with E-state index in [0.717, 1.165) is 5.56 Å². The average molecular weight is 499 g/mol. The molecular weight excluding hydrogens is 473 g/mol. The third kappa shape index (κ3) is 5.05. The monoisotopic (exact) mass is 499 g/mol. The molecule has 0 N–H and O–H groups in total. The van der Waals surface area contributed by atoms with Crippen LogP contribution in [0.15, 0.2) is 58.5 Å². The average Bonchev–Trinajstić information content (AvgIpc) is 3.08. The number of morpholine rings is 2. The summed E-state index contributed by atoms with van der Waals surface area (Å²) in [5, 5.41) is 11.5. The molecule has 3 aliphatic rings. The first-order valence-electron chi connectivity index (χ1n) is 11.5. The number of rotatable bonds is 5. The van der Waals surface area contributed by atoms with Crippen LogP contribution in [-0.2, 0) is 18.6 Å². The Morgan fingerprint density at radius 1 is 0.943 bits per heavy atom. The quantitative estimate of drug-likeness (QED) is 0.349. The van der Waals surface area contributed by atoms with E-state index < -0.39 is 12.6 Å². The van der Waals surface area contributed by atoms with E-state index in [-0.39, 0.29) is 18.1 Å². The van der Waals surface area contributed by atoms with Crippen LogP contribution in [0.2, 0.25) is 0 Å². The molecule has 0 unspecified atom stereocenters. The zero-order chi connectivity index (χ0) is 24.3. The minimum Gasteiger partial charge on any atom is -0.405 e. The molecular formula is C23H26N5O6P. The topological polar surface area (TPSA) is 119 Å².